The van der Waals surface area contributed by atoms with E-state index in [-0.39, 0.29) is 5.41 Å². The Bertz CT molecular complexity index is 642. The third-order valence-corrected chi connectivity index (χ3v) is 7.09. The molecule has 0 amide bonds. The van der Waals surface area contributed by atoms with E-state index in [0.717, 1.165) is 31.2 Å². The van der Waals surface area contributed by atoms with Crippen LogP contribution in [0.1, 0.15) is 44.1 Å². The number of ether oxygens (including phenoxy) is 3. The first-order chi connectivity index (χ1) is 12.3. The molecule has 0 bridgehead atoms. The van der Waals surface area contributed by atoms with E-state index in [1.165, 1.54) is 50.6 Å². The average molecular weight is 343 g/mol. The number of methoxy groups -OCH3 is 1. The van der Waals surface area contributed by atoms with E-state index in [1.54, 1.807) is 7.11 Å². The van der Waals surface area contributed by atoms with Gasteiger partial charge in [0.2, 0.25) is 0 Å². The molecule has 3 fully saturated rings. The number of rotatable bonds is 3. The van der Waals surface area contributed by atoms with Crippen molar-refractivity contribution in [1.82, 2.24) is 4.90 Å². The lowest BCUT2D eigenvalue weighted by Crippen LogP contribution is -2.57. The lowest BCUT2D eigenvalue weighted by Gasteiger charge is -2.51. The van der Waals surface area contributed by atoms with Gasteiger partial charge in [0.1, 0.15) is 6.10 Å². The molecular formula is C21H29NO3. The summed E-state index contributed by atoms with van der Waals surface area (Å²) in [5, 5.41) is 0. The van der Waals surface area contributed by atoms with Crippen LogP contribution in [0.3, 0.4) is 0 Å². The fourth-order valence-electron chi connectivity index (χ4n) is 5.93. The molecule has 1 spiro atoms. The van der Waals surface area contributed by atoms with Gasteiger partial charge in [0.15, 0.2) is 11.5 Å². The minimum Gasteiger partial charge on any atom is -0.493 e. The Kier molecular flexibility index (Phi) is 3.94. The van der Waals surface area contributed by atoms with Crippen LogP contribution in [0.4, 0.5) is 0 Å². The van der Waals surface area contributed by atoms with Crippen molar-refractivity contribution in [3.8, 4) is 11.5 Å². The van der Waals surface area contributed by atoms with E-state index in [1.807, 2.05) is 6.07 Å². The predicted octanol–water partition coefficient (Wildman–Crippen LogP) is 3.38. The molecule has 0 N–H and O–H groups in total. The second-order valence-corrected chi connectivity index (χ2v) is 8.26. The maximum absolute atomic E-state index is 6.49. The van der Waals surface area contributed by atoms with Crippen LogP contribution in [0, 0.1) is 5.92 Å². The summed E-state index contributed by atoms with van der Waals surface area (Å²) in [6, 6.07) is 6.48. The van der Waals surface area contributed by atoms with Crippen molar-refractivity contribution in [2.24, 2.45) is 5.92 Å². The molecule has 25 heavy (non-hydrogen) atoms. The number of likely N-dealkylation sites (tertiary alicyclic amines) is 1. The number of para-hydroxylation sites is 1. The van der Waals surface area contributed by atoms with Crippen molar-refractivity contribution in [2.45, 2.75) is 56.1 Å². The average Bonchev–Trinajstić information content (AvgIpc) is 3.26. The number of fused-ring (bicyclic) bond motifs is 1. The van der Waals surface area contributed by atoms with Gasteiger partial charge in [0.05, 0.1) is 13.2 Å². The summed E-state index contributed by atoms with van der Waals surface area (Å²) in [7, 11) is 1.75. The Balaban J connectivity index is 1.43. The first kappa shape index (κ1) is 16.0. The van der Waals surface area contributed by atoms with Gasteiger partial charge in [0.25, 0.3) is 0 Å². The van der Waals surface area contributed by atoms with Crippen molar-refractivity contribution in [1.29, 1.82) is 0 Å². The molecular weight excluding hydrogens is 314 g/mol. The van der Waals surface area contributed by atoms with Gasteiger partial charge in [0, 0.05) is 30.7 Å². The van der Waals surface area contributed by atoms with Crippen LogP contribution in [0.5, 0.6) is 11.5 Å². The van der Waals surface area contributed by atoms with Gasteiger partial charge in [-0.3, -0.25) is 0 Å². The molecule has 4 heteroatoms. The summed E-state index contributed by atoms with van der Waals surface area (Å²) < 4.78 is 18.0. The number of hydrogen-bond acceptors (Lipinski definition) is 4. The second-order valence-electron chi connectivity index (χ2n) is 8.26. The molecule has 4 unspecified atom stereocenters. The van der Waals surface area contributed by atoms with Gasteiger partial charge in [-0.05, 0) is 57.1 Å². The summed E-state index contributed by atoms with van der Waals surface area (Å²) in [5.41, 5.74) is 1.62. The van der Waals surface area contributed by atoms with Gasteiger partial charge >= 0.3 is 0 Å². The highest BCUT2D eigenvalue weighted by molar-refractivity contribution is 5.55. The summed E-state index contributed by atoms with van der Waals surface area (Å²) in [6.07, 6.45) is 8.24. The Morgan fingerprint density at radius 2 is 2.20 bits per heavy atom. The van der Waals surface area contributed by atoms with Gasteiger partial charge in [-0.1, -0.05) is 12.1 Å². The zero-order valence-corrected chi connectivity index (χ0v) is 15.2. The number of nitrogens with zero attached hydrogens (tertiary/aromatic N) is 1. The highest BCUT2D eigenvalue weighted by Crippen LogP contribution is 2.58. The zero-order chi connectivity index (χ0) is 16.9. The largest absolute Gasteiger partial charge is 0.493 e. The van der Waals surface area contributed by atoms with E-state index in [2.05, 4.69) is 17.0 Å². The standard InChI is InChI=1S/C21H29NO3/c1-23-18-8-3-7-17-20(18)25-19-9-2-5-15-13-22(11-10-21(15,17)19)14-16-6-4-12-24-16/h3,7-8,15-16,19H,2,4-6,9-14H2,1H3. The Morgan fingerprint density at radius 3 is 3.04 bits per heavy atom. The predicted molar refractivity (Wildman–Crippen MR) is 96.5 cm³/mol. The molecule has 1 aromatic rings. The molecule has 3 aliphatic heterocycles. The van der Waals surface area contributed by atoms with Gasteiger partial charge in [-0.15, -0.1) is 0 Å². The molecule has 1 aliphatic carbocycles. The zero-order valence-electron chi connectivity index (χ0n) is 15.2. The highest BCUT2D eigenvalue weighted by atomic mass is 16.5. The topological polar surface area (TPSA) is 30.9 Å². The fourth-order valence-corrected chi connectivity index (χ4v) is 5.93. The van der Waals surface area contributed by atoms with E-state index in [9.17, 15) is 0 Å². The fraction of sp³-hybridized carbons (Fsp3) is 0.714. The maximum Gasteiger partial charge on any atom is 0.165 e. The minimum absolute atomic E-state index is 0.204. The molecule has 4 atom stereocenters. The quantitative estimate of drug-likeness (QED) is 0.842. The van der Waals surface area contributed by atoms with Crippen molar-refractivity contribution in [3.63, 3.8) is 0 Å². The monoisotopic (exact) mass is 343 g/mol. The summed E-state index contributed by atoms with van der Waals surface area (Å²) >= 11 is 0. The van der Waals surface area contributed by atoms with E-state index < -0.39 is 0 Å². The molecule has 4 nitrogen and oxygen atoms in total. The normalized spacial score (nSPS) is 37.1. The van der Waals surface area contributed by atoms with E-state index in [4.69, 9.17) is 14.2 Å². The van der Waals surface area contributed by atoms with Crippen LogP contribution in [0.2, 0.25) is 0 Å². The van der Waals surface area contributed by atoms with Crippen molar-refractivity contribution in [2.75, 3.05) is 33.4 Å². The molecule has 136 valence electrons. The third-order valence-electron chi connectivity index (χ3n) is 7.09. The summed E-state index contributed by atoms with van der Waals surface area (Å²) in [5.74, 6) is 2.62. The van der Waals surface area contributed by atoms with Crippen LogP contribution in [0.15, 0.2) is 18.2 Å². The Hall–Kier alpha value is -1.26. The third kappa shape index (κ3) is 2.41. The van der Waals surface area contributed by atoms with Crippen LogP contribution < -0.4 is 9.47 Å². The molecule has 0 radical (unpaired) electrons. The molecule has 0 aromatic heterocycles. The smallest absolute Gasteiger partial charge is 0.165 e. The van der Waals surface area contributed by atoms with Crippen LogP contribution in [-0.4, -0.2) is 50.5 Å². The molecule has 3 heterocycles. The van der Waals surface area contributed by atoms with Crippen molar-refractivity contribution < 1.29 is 14.2 Å². The van der Waals surface area contributed by atoms with Gasteiger partial charge < -0.3 is 19.1 Å². The second kappa shape index (κ2) is 6.17. The molecule has 4 aliphatic rings. The lowest BCUT2D eigenvalue weighted by atomic mass is 9.58. The number of benzene rings is 1. The number of piperidine rings is 1. The Labute approximate surface area is 150 Å². The molecule has 2 saturated heterocycles. The maximum atomic E-state index is 6.49. The Morgan fingerprint density at radius 1 is 1.24 bits per heavy atom. The lowest BCUT2D eigenvalue weighted by molar-refractivity contribution is -0.0219. The first-order valence-electron chi connectivity index (χ1n) is 9.99. The highest BCUT2D eigenvalue weighted by Gasteiger charge is 2.57. The summed E-state index contributed by atoms with van der Waals surface area (Å²) in [4.78, 5) is 2.66. The van der Waals surface area contributed by atoms with E-state index in [0.29, 0.717) is 18.1 Å². The van der Waals surface area contributed by atoms with Crippen LogP contribution >= 0.6 is 0 Å². The first-order valence-corrected chi connectivity index (χ1v) is 9.99. The molecule has 1 saturated carbocycles. The van der Waals surface area contributed by atoms with Crippen LogP contribution in [-0.2, 0) is 10.2 Å². The number of hydrogen-bond donors (Lipinski definition) is 0. The molecule has 5 rings (SSSR count). The minimum atomic E-state index is 0.204. The van der Waals surface area contributed by atoms with Crippen molar-refractivity contribution in [3.05, 3.63) is 23.8 Å². The van der Waals surface area contributed by atoms with Gasteiger partial charge in [-0.2, -0.15) is 0 Å². The van der Waals surface area contributed by atoms with Crippen molar-refractivity contribution >= 4 is 0 Å². The molecule has 1 aromatic carbocycles. The van der Waals surface area contributed by atoms with Gasteiger partial charge in [-0.25, -0.2) is 0 Å². The SMILES string of the molecule is COc1cccc2c1OC1CCCC3CN(CC4CCCO4)CCC231. The van der Waals surface area contributed by atoms with Crippen LogP contribution in [0.25, 0.3) is 0 Å². The van der Waals surface area contributed by atoms with E-state index >= 15 is 0 Å². The summed E-state index contributed by atoms with van der Waals surface area (Å²) in [6.45, 7) is 4.42.